The Labute approximate surface area is 148 Å². The van der Waals surface area contributed by atoms with E-state index in [-0.39, 0.29) is 12.0 Å². The molecule has 0 saturated carbocycles. The normalized spacial score (nSPS) is 14.8. The minimum atomic E-state index is -0.582. The first kappa shape index (κ1) is 17.1. The number of nitrogens with zero attached hydrogens (tertiary/aromatic N) is 2. The van der Waals surface area contributed by atoms with Gasteiger partial charge in [-0.3, -0.25) is 14.6 Å². The van der Waals surface area contributed by atoms with Gasteiger partial charge in [-0.2, -0.15) is 0 Å². The first-order chi connectivity index (χ1) is 12.1. The van der Waals surface area contributed by atoms with E-state index in [0.717, 1.165) is 29.8 Å². The molecule has 1 aliphatic rings. The SMILES string of the molecule is CC(C)[C@H](NC(=O)C(=O)N1CCCc2ccccc21)c1ccccn1. The molecule has 3 rings (SSSR count). The van der Waals surface area contributed by atoms with Crippen molar-refractivity contribution in [2.24, 2.45) is 5.92 Å². The Morgan fingerprint density at radius 2 is 1.88 bits per heavy atom. The molecule has 0 saturated heterocycles. The zero-order valence-corrected chi connectivity index (χ0v) is 14.6. The molecule has 0 spiro atoms. The summed E-state index contributed by atoms with van der Waals surface area (Å²) in [6.07, 6.45) is 3.49. The molecule has 1 aromatic carbocycles. The summed E-state index contributed by atoms with van der Waals surface area (Å²) in [5.74, 6) is -0.963. The van der Waals surface area contributed by atoms with Gasteiger partial charge in [0.1, 0.15) is 0 Å². The molecular formula is C20H23N3O2. The molecule has 1 aromatic heterocycles. The summed E-state index contributed by atoms with van der Waals surface area (Å²) in [7, 11) is 0. The maximum atomic E-state index is 12.7. The quantitative estimate of drug-likeness (QED) is 0.876. The standard InChI is InChI=1S/C20H23N3O2/c1-14(2)18(16-10-5-6-12-21-16)22-19(24)20(25)23-13-7-9-15-8-3-4-11-17(15)23/h3-6,8,10-12,14,18H,7,9,13H2,1-2H3,(H,22,24)/t18-/m0/s1. The van der Waals surface area contributed by atoms with Gasteiger partial charge in [-0.15, -0.1) is 0 Å². The highest BCUT2D eigenvalue weighted by molar-refractivity contribution is 6.40. The molecule has 0 aliphatic carbocycles. The van der Waals surface area contributed by atoms with E-state index in [9.17, 15) is 9.59 Å². The van der Waals surface area contributed by atoms with Crippen molar-refractivity contribution in [3.05, 3.63) is 59.9 Å². The lowest BCUT2D eigenvalue weighted by atomic mass is 9.99. The first-order valence-electron chi connectivity index (χ1n) is 8.69. The van der Waals surface area contributed by atoms with Crippen molar-refractivity contribution in [2.75, 3.05) is 11.4 Å². The van der Waals surface area contributed by atoms with Crippen LogP contribution < -0.4 is 10.2 Å². The molecule has 0 unspecified atom stereocenters. The van der Waals surface area contributed by atoms with Gasteiger partial charge < -0.3 is 10.2 Å². The van der Waals surface area contributed by atoms with Crippen LogP contribution in [0.15, 0.2) is 48.7 Å². The summed E-state index contributed by atoms with van der Waals surface area (Å²) < 4.78 is 0. The number of fused-ring (bicyclic) bond motifs is 1. The monoisotopic (exact) mass is 337 g/mol. The number of hydrogen-bond donors (Lipinski definition) is 1. The highest BCUT2D eigenvalue weighted by atomic mass is 16.2. The Bertz CT molecular complexity index is 759. The van der Waals surface area contributed by atoms with E-state index >= 15 is 0 Å². The Balaban J connectivity index is 1.78. The number of carbonyl (C=O) groups excluding carboxylic acids is 2. The van der Waals surface area contributed by atoms with Crippen molar-refractivity contribution < 1.29 is 9.59 Å². The molecule has 0 radical (unpaired) electrons. The number of hydrogen-bond acceptors (Lipinski definition) is 3. The number of amides is 2. The molecular weight excluding hydrogens is 314 g/mol. The van der Waals surface area contributed by atoms with Gasteiger partial charge in [0.2, 0.25) is 0 Å². The largest absolute Gasteiger partial charge is 0.339 e. The zero-order chi connectivity index (χ0) is 17.8. The minimum absolute atomic E-state index is 0.125. The number of aromatic nitrogens is 1. The van der Waals surface area contributed by atoms with Gasteiger partial charge in [0.15, 0.2) is 0 Å². The topological polar surface area (TPSA) is 62.3 Å². The number of para-hydroxylation sites is 1. The maximum absolute atomic E-state index is 12.7. The van der Waals surface area contributed by atoms with E-state index in [1.807, 2.05) is 56.3 Å². The Kier molecular flexibility index (Phi) is 5.12. The summed E-state index contributed by atoms with van der Waals surface area (Å²) >= 11 is 0. The molecule has 0 fully saturated rings. The van der Waals surface area contributed by atoms with Crippen LogP contribution in [0.25, 0.3) is 0 Å². The highest BCUT2D eigenvalue weighted by Gasteiger charge is 2.30. The third kappa shape index (κ3) is 3.71. The third-order valence-corrected chi connectivity index (χ3v) is 4.51. The van der Waals surface area contributed by atoms with E-state index < -0.39 is 11.8 Å². The van der Waals surface area contributed by atoms with Crippen molar-refractivity contribution in [2.45, 2.75) is 32.7 Å². The molecule has 130 valence electrons. The van der Waals surface area contributed by atoms with Gasteiger partial charge in [-0.25, -0.2) is 0 Å². The molecule has 1 N–H and O–H groups in total. The van der Waals surface area contributed by atoms with Crippen LogP contribution in [0.2, 0.25) is 0 Å². The van der Waals surface area contributed by atoms with E-state index in [1.165, 1.54) is 0 Å². The van der Waals surface area contributed by atoms with Crippen LogP contribution in [0.1, 0.15) is 37.6 Å². The number of carbonyl (C=O) groups is 2. The number of nitrogens with one attached hydrogen (secondary N) is 1. The molecule has 0 bridgehead atoms. The third-order valence-electron chi connectivity index (χ3n) is 4.51. The van der Waals surface area contributed by atoms with Crippen LogP contribution >= 0.6 is 0 Å². The second-order valence-electron chi connectivity index (χ2n) is 6.64. The predicted molar refractivity (Wildman–Crippen MR) is 97.1 cm³/mol. The Morgan fingerprint density at radius 3 is 2.60 bits per heavy atom. The summed E-state index contributed by atoms with van der Waals surface area (Å²) in [5.41, 5.74) is 2.71. The Morgan fingerprint density at radius 1 is 1.12 bits per heavy atom. The summed E-state index contributed by atoms with van der Waals surface area (Å²) in [4.78, 5) is 31.3. The lowest BCUT2D eigenvalue weighted by Crippen LogP contribution is -2.47. The van der Waals surface area contributed by atoms with Crippen molar-refractivity contribution in [1.82, 2.24) is 10.3 Å². The highest BCUT2D eigenvalue weighted by Crippen LogP contribution is 2.27. The molecule has 1 aliphatic heterocycles. The molecule has 5 nitrogen and oxygen atoms in total. The van der Waals surface area contributed by atoms with Crippen molar-refractivity contribution in [3.8, 4) is 0 Å². The average molecular weight is 337 g/mol. The second-order valence-corrected chi connectivity index (χ2v) is 6.64. The van der Waals surface area contributed by atoms with E-state index in [2.05, 4.69) is 10.3 Å². The summed E-state index contributed by atoms with van der Waals surface area (Å²) in [6.45, 7) is 4.57. The molecule has 25 heavy (non-hydrogen) atoms. The number of aryl methyl sites for hydroxylation is 1. The molecule has 2 amide bonds. The summed E-state index contributed by atoms with van der Waals surface area (Å²) in [6, 6.07) is 13.1. The van der Waals surface area contributed by atoms with Gasteiger partial charge >= 0.3 is 11.8 Å². The van der Waals surface area contributed by atoms with E-state index in [1.54, 1.807) is 11.1 Å². The molecule has 5 heteroatoms. The minimum Gasteiger partial charge on any atom is -0.339 e. The number of benzene rings is 1. The average Bonchev–Trinajstić information content (AvgIpc) is 2.65. The number of pyridine rings is 1. The van der Waals surface area contributed by atoms with Crippen LogP contribution in [-0.4, -0.2) is 23.3 Å². The smallest absolute Gasteiger partial charge is 0.316 e. The predicted octanol–water partition coefficient (Wildman–Crippen LogP) is 2.87. The van der Waals surface area contributed by atoms with Gasteiger partial charge in [0.05, 0.1) is 11.7 Å². The fourth-order valence-corrected chi connectivity index (χ4v) is 3.21. The van der Waals surface area contributed by atoms with Gasteiger partial charge in [0, 0.05) is 18.4 Å². The molecule has 2 heterocycles. The van der Waals surface area contributed by atoms with Gasteiger partial charge in [0.25, 0.3) is 0 Å². The van der Waals surface area contributed by atoms with E-state index in [0.29, 0.717) is 6.54 Å². The Hall–Kier alpha value is -2.69. The first-order valence-corrected chi connectivity index (χ1v) is 8.69. The zero-order valence-electron chi connectivity index (χ0n) is 14.6. The van der Waals surface area contributed by atoms with Gasteiger partial charge in [-0.1, -0.05) is 38.1 Å². The van der Waals surface area contributed by atoms with Crippen molar-refractivity contribution in [1.29, 1.82) is 0 Å². The molecule has 1 atom stereocenters. The van der Waals surface area contributed by atoms with Crippen LogP contribution in [-0.2, 0) is 16.0 Å². The maximum Gasteiger partial charge on any atom is 0.316 e. The number of anilines is 1. The fourth-order valence-electron chi connectivity index (χ4n) is 3.21. The lowest BCUT2D eigenvalue weighted by molar-refractivity contribution is -0.138. The molecule has 2 aromatic rings. The number of rotatable bonds is 3. The fraction of sp³-hybridized carbons (Fsp3) is 0.350. The van der Waals surface area contributed by atoms with Crippen molar-refractivity contribution in [3.63, 3.8) is 0 Å². The summed E-state index contributed by atoms with van der Waals surface area (Å²) in [5, 5.41) is 2.87. The second kappa shape index (κ2) is 7.47. The van der Waals surface area contributed by atoms with Crippen LogP contribution in [0.3, 0.4) is 0 Å². The van der Waals surface area contributed by atoms with Crippen LogP contribution in [0.4, 0.5) is 5.69 Å². The van der Waals surface area contributed by atoms with Crippen LogP contribution in [0, 0.1) is 5.92 Å². The van der Waals surface area contributed by atoms with Crippen LogP contribution in [0.5, 0.6) is 0 Å². The van der Waals surface area contributed by atoms with Gasteiger partial charge in [-0.05, 0) is 42.5 Å². The van der Waals surface area contributed by atoms with E-state index in [4.69, 9.17) is 0 Å². The van der Waals surface area contributed by atoms with Crippen molar-refractivity contribution >= 4 is 17.5 Å². The lowest BCUT2D eigenvalue weighted by Gasteiger charge is -2.30.